The number of para-hydroxylation sites is 2. The first-order valence-corrected chi connectivity index (χ1v) is 9.60. The van der Waals surface area contributed by atoms with E-state index >= 15 is 0 Å². The molecule has 4 aromatic rings. The van der Waals surface area contributed by atoms with Crippen LogP contribution in [0.25, 0.3) is 20.8 Å². The maximum absolute atomic E-state index is 12.9. The van der Waals surface area contributed by atoms with Crippen molar-refractivity contribution < 1.29 is 9.53 Å². The van der Waals surface area contributed by atoms with Crippen molar-refractivity contribution in [2.24, 2.45) is 0 Å². The van der Waals surface area contributed by atoms with Crippen LogP contribution < -0.4 is 4.74 Å². The lowest BCUT2D eigenvalue weighted by Gasteiger charge is -2.26. The van der Waals surface area contributed by atoms with Crippen molar-refractivity contribution in [1.82, 2.24) is 4.98 Å². The van der Waals surface area contributed by atoms with Crippen LogP contribution in [0.15, 0.2) is 78.9 Å². The highest BCUT2D eigenvalue weighted by atomic mass is 32.1. The molecular formula is C23H19NO2S. The topological polar surface area (TPSA) is 39.2 Å². The highest BCUT2D eigenvalue weighted by Crippen LogP contribution is 2.37. The Labute approximate surface area is 162 Å². The quantitative estimate of drug-likeness (QED) is 0.403. The van der Waals surface area contributed by atoms with Gasteiger partial charge in [-0.3, -0.25) is 4.79 Å². The summed E-state index contributed by atoms with van der Waals surface area (Å²) in [7, 11) is 0. The molecule has 27 heavy (non-hydrogen) atoms. The van der Waals surface area contributed by atoms with Gasteiger partial charge in [0, 0.05) is 5.56 Å². The average Bonchev–Trinajstić information content (AvgIpc) is 3.12. The van der Waals surface area contributed by atoms with E-state index in [4.69, 9.17) is 9.72 Å². The van der Waals surface area contributed by atoms with Gasteiger partial charge < -0.3 is 4.74 Å². The summed E-state index contributed by atoms with van der Waals surface area (Å²) in [6.07, 6.45) is 0. The summed E-state index contributed by atoms with van der Waals surface area (Å²) >= 11 is 1.62. The van der Waals surface area contributed by atoms with Crippen molar-refractivity contribution in [3.05, 3.63) is 84.4 Å². The molecule has 0 spiro atoms. The number of fused-ring (bicyclic) bond motifs is 1. The van der Waals surface area contributed by atoms with Crippen LogP contribution in [0, 0.1) is 0 Å². The van der Waals surface area contributed by atoms with Gasteiger partial charge >= 0.3 is 0 Å². The summed E-state index contributed by atoms with van der Waals surface area (Å²) in [5, 5.41) is 0.884. The van der Waals surface area contributed by atoms with Gasteiger partial charge in [0.15, 0.2) is 5.60 Å². The first-order chi connectivity index (χ1) is 13.0. The van der Waals surface area contributed by atoms with Crippen LogP contribution in [0.5, 0.6) is 5.75 Å². The molecule has 1 heterocycles. The number of carbonyl (C=O) groups is 1. The number of hydrogen-bond donors (Lipinski definition) is 0. The van der Waals surface area contributed by atoms with Gasteiger partial charge in [-0.1, -0.05) is 54.6 Å². The Morgan fingerprint density at radius 2 is 1.56 bits per heavy atom. The molecule has 3 aromatic carbocycles. The Balaban J connectivity index is 1.69. The molecule has 1 aromatic heterocycles. The van der Waals surface area contributed by atoms with Crippen molar-refractivity contribution in [3.63, 3.8) is 0 Å². The number of nitrogens with zero attached hydrogens (tertiary/aromatic N) is 1. The minimum absolute atomic E-state index is 0.0535. The molecule has 0 aliphatic rings. The van der Waals surface area contributed by atoms with Crippen LogP contribution in [-0.2, 0) is 0 Å². The molecule has 0 amide bonds. The van der Waals surface area contributed by atoms with E-state index in [1.54, 1.807) is 25.2 Å². The maximum Gasteiger partial charge on any atom is 0.205 e. The lowest BCUT2D eigenvalue weighted by atomic mass is 9.96. The van der Waals surface area contributed by atoms with Gasteiger partial charge in [0.25, 0.3) is 0 Å². The third-order valence-corrected chi connectivity index (χ3v) is 5.43. The highest BCUT2D eigenvalue weighted by Gasteiger charge is 2.31. The molecule has 4 rings (SSSR count). The van der Waals surface area contributed by atoms with Gasteiger partial charge in [0.1, 0.15) is 10.8 Å². The van der Waals surface area contributed by atoms with Crippen LogP contribution in [0.2, 0.25) is 0 Å². The van der Waals surface area contributed by atoms with Crippen LogP contribution in [0.4, 0.5) is 0 Å². The fourth-order valence-corrected chi connectivity index (χ4v) is 3.97. The Morgan fingerprint density at radius 3 is 2.33 bits per heavy atom. The molecule has 0 saturated heterocycles. The van der Waals surface area contributed by atoms with Crippen LogP contribution in [-0.4, -0.2) is 16.4 Å². The minimum atomic E-state index is -0.992. The van der Waals surface area contributed by atoms with Gasteiger partial charge in [-0.05, 0) is 38.1 Å². The van der Waals surface area contributed by atoms with Gasteiger partial charge in [-0.25, -0.2) is 4.98 Å². The number of aromatic nitrogens is 1. The number of ketones is 1. The molecule has 0 aliphatic heterocycles. The molecule has 0 unspecified atom stereocenters. The van der Waals surface area contributed by atoms with Gasteiger partial charge in [0.2, 0.25) is 5.78 Å². The largest absolute Gasteiger partial charge is 0.479 e. The van der Waals surface area contributed by atoms with Gasteiger partial charge in [-0.15, -0.1) is 11.3 Å². The lowest BCUT2D eigenvalue weighted by Crippen LogP contribution is -2.38. The second-order valence-electron chi connectivity index (χ2n) is 6.79. The van der Waals surface area contributed by atoms with E-state index in [1.807, 2.05) is 72.8 Å². The Bertz CT molecular complexity index is 1070. The Kier molecular flexibility index (Phi) is 4.50. The highest BCUT2D eigenvalue weighted by molar-refractivity contribution is 7.21. The molecule has 0 saturated carbocycles. The standard InChI is InChI=1S/C23H19NO2S/c1-23(2,21(25)16-10-4-3-5-11-16)26-19-14-8-6-12-17(19)22-24-18-13-7-9-15-20(18)27-22/h3-15H,1-2H3. The third kappa shape index (κ3) is 3.49. The predicted octanol–water partition coefficient (Wildman–Crippen LogP) is 6.00. The van der Waals surface area contributed by atoms with E-state index in [9.17, 15) is 4.79 Å². The van der Waals surface area contributed by atoms with E-state index in [0.29, 0.717) is 11.3 Å². The number of ether oxygens (including phenoxy) is 1. The lowest BCUT2D eigenvalue weighted by molar-refractivity contribution is 0.0586. The Morgan fingerprint density at radius 1 is 0.889 bits per heavy atom. The molecule has 0 aliphatic carbocycles. The molecule has 0 radical (unpaired) electrons. The van der Waals surface area contributed by atoms with Crippen LogP contribution in [0.3, 0.4) is 0 Å². The number of Topliss-reactive ketones (excluding diaryl/α,β-unsaturated/α-hetero) is 1. The third-order valence-electron chi connectivity index (χ3n) is 4.36. The molecule has 0 atom stereocenters. The van der Waals surface area contributed by atoms with Crippen LogP contribution >= 0.6 is 11.3 Å². The van der Waals surface area contributed by atoms with E-state index in [0.717, 1.165) is 20.8 Å². The first kappa shape index (κ1) is 17.4. The van der Waals surface area contributed by atoms with Crippen molar-refractivity contribution in [2.75, 3.05) is 0 Å². The number of thiazole rings is 1. The van der Waals surface area contributed by atoms with Crippen molar-refractivity contribution in [2.45, 2.75) is 19.4 Å². The second kappa shape index (κ2) is 6.97. The van der Waals surface area contributed by atoms with Gasteiger partial charge in [0.05, 0.1) is 15.8 Å². The predicted molar refractivity (Wildman–Crippen MR) is 111 cm³/mol. The van der Waals surface area contributed by atoms with Crippen LogP contribution in [0.1, 0.15) is 24.2 Å². The smallest absolute Gasteiger partial charge is 0.205 e. The molecule has 3 nitrogen and oxygen atoms in total. The zero-order valence-electron chi connectivity index (χ0n) is 15.2. The summed E-state index contributed by atoms with van der Waals surface area (Å²) in [5.41, 5.74) is 1.51. The summed E-state index contributed by atoms with van der Waals surface area (Å²) in [6, 6.07) is 25.0. The number of carbonyl (C=O) groups excluding carboxylic acids is 1. The average molecular weight is 373 g/mol. The van der Waals surface area contributed by atoms with E-state index in [1.165, 1.54) is 0 Å². The molecular weight excluding hydrogens is 354 g/mol. The molecule has 134 valence electrons. The fraction of sp³-hybridized carbons (Fsp3) is 0.130. The number of benzene rings is 3. The molecule has 0 fully saturated rings. The minimum Gasteiger partial charge on any atom is -0.479 e. The zero-order valence-corrected chi connectivity index (χ0v) is 16.0. The molecule has 4 heteroatoms. The molecule has 0 N–H and O–H groups in total. The van der Waals surface area contributed by atoms with Crippen molar-refractivity contribution in [1.29, 1.82) is 0 Å². The summed E-state index contributed by atoms with van der Waals surface area (Å²) in [6.45, 7) is 3.61. The normalized spacial score (nSPS) is 11.5. The van der Waals surface area contributed by atoms with E-state index < -0.39 is 5.60 Å². The maximum atomic E-state index is 12.9. The van der Waals surface area contributed by atoms with Gasteiger partial charge in [-0.2, -0.15) is 0 Å². The molecule has 0 bridgehead atoms. The van der Waals surface area contributed by atoms with E-state index in [-0.39, 0.29) is 5.78 Å². The first-order valence-electron chi connectivity index (χ1n) is 8.78. The monoisotopic (exact) mass is 373 g/mol. The Hall–Kier alpha value is -2.98. The van der Waals surface area contributed by atoms with Crippen molar-refractivity contribution >= 4 is 27.3 Å². The number of rotatable bonds is 5. The zero-order chi connectivity index (χ0) is 18.9. The fourth-order valence-electron chi connectivity index (χ4n) is 2.98. The summed E-state index contributed by atoms with van der Waals surface area (Å²) in [4.78, 5) is 17.7. The second-order valence-corrected chi connectivity index (χ2v) is 7.82. The SMILES string of the molecule is CC(C)(Oc1ccccc1-c1nc2ccccc2s1)C(=O)c1ccccc1. The van der Waals surface area contributed by atoms with E-state index in [2.05, 4.69) is 6.07 Å². The number of hydrogen-bond acceptors (Lipinski definition) is 4. The summed E-state index contributed by atoms with van der Waals surface area (Å²) < 4.78 is 7.34. The summed E-state index contributed by atoms with van der Waals surface area (Å²) in [5.74, 6) is 0.605. The van der Waals surface area contributed by atoms with Crippen molar-refractivity contribution in [3.8, 4) is 16.3 Å².